The minimum atomic E-state index is -0.212. The normalized spacial score (nSPS) is 19.2. The summed E-state index contributed by atoms with van der Waals surface area (Å²) in [4.78, 5) is 4.67. The number of hydrogen-bond acceptors (Lipinski definition) is 3. The second-order valence-corrected chi connectivity index (χ2v) is 8.26. The molecule has 1 unspecified atom stereocenters. The van der Waals surface area contributed by atoms with Crippen LogP contribution in [0.25, 0.3) is 0 Å². The molecule has 1 heterocycles. The van der Waals surface area contributed by atoms with Crippen molar-refractivity contribution in [3.05, 3.63) is 16.1 Å². The van der Waals surface area contributed by atoms with Crippen molar-refractivity contribution >= 4 is 11.3 Å². The van der Waals surface area contributed by atoms with E-state index >= 15 is 0 Å². The third-order valence-corrected chi connectivity index (χ3v) is 5.23. The Kier molecular flexibility index (Phi) is 5.62. The minimum absolute atomic E-state index is 0.113. The molecule has 3 heteroatoms. The van der Waals surface area contributed by atoms with E-state index in [1.165, 1.54) is 38.5 Å². The van der Waals surface area contributed by atoms with Crippen LogP contribution < -0.4 is 0 Å². The molecule has 1 saturated carbocycles. The quantitative estimate of drug-likeness (QED) is 0.853. The highest BCUT2D eigenvalue weighted by Crippen LogP contribution is 2.29. The topological polar surface area (TPSA) is 33.1 Å². The number of aliphatic hydroxyl groups is 1. The van der Waals surface area contributed by atoms with Gasteiger partial charge in [-0.1, -0.05) is 52.9 Å². The average molecular weight is 295 g/mol. The lowest BCUT2D eigenvalue weighted by atomic mass is 9.85. The Morgan fingerprint density at radius 2 is 2.00 bits per heavy atom. The molecule has 2 nitrogen and oxygen atoms in total. The molecule has 0 saturated heterocycles. The monoisotopic (exact) mass is 295 g/mol. The molecule has 0 radical (unpaired) electrons. The first-order valence-corrected chi connectivity index (χ1v) is 8.96. The van der Waals surface area contributed by atoms with E-state index in [4.69, 9.17) is 0 Å². The van der Waals surface area contributed by atoms with Crippen LogP contribution in [0.15, 0.2) is 5.38 Å². The lowest BCUT2D eigenvalue weighted by Crippen LogP contribution is -2.15. The predicted octanol–water partition coefficient (Wildman–Crippen LogP) is 4.70. The van der Waals surface area contributed by atoms with E-state index in [1.54, 1.807) is 11.3 Å². The van der Waals surface area contributed by atoms with Gasteiger partial charge in [-0.15, -0.1) is 11.3 Å². The Morgan fingerprint density at radius 1 is 1.30 bits per heavy atom. The van der Waals surface area contributed by atoms with Crippen molar-refractivity contribution in [2.45, 2.75) is 83.7 Å². The summed E-state index contributed by atoms with van der Waals surface area (Å²) in [5, 5.41) is 13.4. The van der Waals surface area contributed by atoms with Gasteiger partial charge in [0.05, 0.1) is 16.8 Å². The molecule has 1 aliphatic carbocycles. The fraction of sp³-hybridized carbons (Fsp3) is 0.824. The van der Waals surface area contributed by atoms with Crippen molar-refractivity contribution in [1.29, 1.82) is 0 Å². The molecule has 20 heavy (non-hydrogen) atoms. The van der Waals surface area contributed by atoms with Crippen molar-refractivity contribution in [2.24, 2.45) is 5.92 Å². The van der Waals surface area contributed by atoms with E-state index in [-0.39, 0.29) is 11.5 Å². The van der Waals surface area contributed by atoms with E-state index in [9.17, 15) is 5.11 Å². The number of nitrogens with zero attached hydrogens (tertiary/aromatic N) is 1. The molecule has 0 aromatic carbocycles. The van der Waals surface area contributed by atoms with Gasteiger partial charge in [-0.2, -0.15) is 0 Å². The standard InChI is InChI=1S/C17H29NOS/c1-17(2,3)15-12-20-16(18-15)11-14(19)10-9-13-7-5-4-6-8-13/h12-14,19H,4-11H2,1-3H3. The van der Waals surface area contributed by atoms with Crippen LogP contribution in [-0.4, -0.2) is 16.2 Å². The molecule has 1 atom stereocenters. The Labute approximate surface area is 127 Å². The van der Waals surface area contributed by atoms with Crippen LogP contribution in [0.5, 0.6) is 0 Å². The van der Waals surface area contributed by atoms with Crippen molar-refractivity contribution in [1.82, 2.24) is 4.98 Å². The molecular weight excluding hydrogens is 266 g/mol. The summed E-state index contributed by atoms with van der Waals surface area (Å²) in [5.74, 6) is 0.861. The third kappa shape index (κ3) is 4.85. The van der Waals surface area contributed by atoms with E-state index in [2.05, 4.69) is 31.1 Å². The summed E-state index contributed by atoms with van der Waals surface area (Å²) >= 11 is 1.70. The first kappa shape index (κ1) is 16.0. The van der Waals surface area contributed by atoms with Crippen LogP contribution in [0.4, 0.5) is 0 Å². The Morgan fingerprint density at radius 3 is 2.60 bits per heavy atom. The summed E-state index contributed by atoms with van der Waals surface area (Å²) in [6, 6.07) is 0. The lowest BCUT2D eigenvalue weighted by molar-refractivity contribution is 0.149. The summed E-state index contributed by atoms with van der Waals surface area (Å²) in [5.41, 5.74) is 1.26. The van der Waals surface area contributed by atoms with Gasteiger partial charge in [-0.25, -0.2) is 4.98 Å². The highest BCUT2D eigenvalue weighted by molar-refractivity contribution is 7.09. The SMILES string of the molecule is CC(C)(C)c1csc(CC(O)CCC2CCCCC2)n1. The van der Waals surface area contributed by atoms with Crippen molar-refractivity contribution in [3.63, 3.8) is 0 Å². The van der Waals surface area contributed by atoms with Crippen molar-refractivity contribution < 1.29 is 5.11 Å². The fourth-order valence-electron chi connectivity index (χ4n) is 2.96. The summed E-state index contributed by atoms with van der Waals surface area (Å²) < 4.78 is 0. The Balaban J connectivity index is 1.76. The summed E-state index contributed by atoms with van der Waals surface area (Å²) in [6.07, 6.45) is 9.59. The van der Waals surface area contributed by atoms with Crippen LogP contribution in [0.3, 0.4) is 0 Å². The number of hydrogen-bond donors (Lipinski definition) is 1. The molecule has 0 bridgehead atoms. The van der Waals surface area contributed by atoms with Gasteiger partial charge in [-0.05, 0) is 18.8 Å². The van der Waals surface area contributed by atoms with E-state index in [1.807, 2.05) is 0 Å². The highest BCUT2D eigenvalue weighted by Gasteiger charge is 2.19. The minimum Gasteiger partial charge on any atom is -0.393 e. The van der Waals surface area contributed by atoms with Crippen LogP contribution in [0, 0.1) is 5.92 Å². The second-order valence-electron chi connectivity index (χ2n) is 7.32. The van der Waals surface area contributed by atoms with Crippen molar-refractivity contribution in [3.8, 4) is 0 Å². The molecule has 1 fully saturated rings. The number of aromatic nitrogens is 1. The van der Waals surface area contributed by atoms with Gasteiger partial charge in [0.15, 0.2) is 0 Å². The maximum atomic E-state index is 10.2. The van der Waals surface area contributed by atoms with Crippen LogP contribution in [0.2, 0.25) is 0 Å². The number of aliphatic hydroxyl groups excluding tert-OH is 1. The van der Waals surface area contributed by atoms with Gasteiger partial charge in [0.25, 0.3) is 0 Å². The zero-order valence-electron chi connectivity index (χ0n) is 13.2. The average Bonchev–Trinajstić information content (AvgIpc) is 2.86. The van der Waals surface area contributed by atoms with Gasteiger partial charge in [0.2, 0.25) is 0 Å². The summed E-state index contributed by atoms with van der Waals surface area (Å²) in [7, 11) is 0. The molecule has 0 aliphatic heterocycles. The van der Waals surface area contributed by atoms with Gasteiger partial charge >= 0.3 is 0 Å². The highest BCUT2D eigenvalue weighted by atomic mass is 32.1. The molecule has 1 aromatic rings. The molecule has 0 amide bonds. The van der Waals surface area contributed by atoms with E-state index in [0.717, 1.165) is 29.5 Å². The zero-order valence-corrected chi connectivity index (χ0v) is 14.0. The molecule has 1 aromatic heterocycles. The number of thiazole rings is 1. The lowest BCUT2D eigenvalue weighted by Gasteiger charge is -2.22. The smallest absolute Gasteiger partial charge is 0.0954 e. The molecule has 0 spiro atoms. The second kappa shape index (κ2) is 7.04. The van der Waals surface area contributed by atoms with Gasteiger partial charge in [0, 0.05) is 17.2 Å². The van der Waals surface area contributed by atoms with Crippen LogP contribution in [-0.2, 0) is 11.8 Å². The number of rotatable bonds is 5. The molecule has 1 aliphatic rings. The van der Waals surface area contributed by atoms with E-state index in [0.29, 0.717) is 0 Å². The molecule has 114 valence electrons. The molecule has 1 N–H and O–H groups in total. The maximum absolute atomic E-state index is 10.2. The Bertz CT molecular complexity index is 401. The van der Waals surface area contributed by atoms with Crippen molar-refractivity contribution in [2.75, 3.05) is 0 Å². The molecular formula is C17H29NOS. The van der Waals surface area contributed by atoms with Gasteiger partial charge in [-0.3, -0.25) is 0 Å². The third-order valence-electron chi connectivity index (χ3n) is 4.36. The van der Waals surface area contributed by atoms with Crippen LogP contribution in [0.1, 0.15) is 76.4 Å². The first-order valence-electron chi connectivity index (χ1n) is 8.08. The van der Waals surface area contributed by atoms with Gasteiger partial charge in [0.1, 0.15) is 0 Å². The first-order chi connectivity index (χ1) is 9.45. The predicted molar refractivity (Wildman–Crippen MR) is 86.3 cm³/mol. The molecule has 2 rings (SSSR count). The fourth-order valence-corrected chi connectivity index (χ4v) is 4.05. The largest absolute Gasteiger partial charge is 0.393 e. The maximum Gasteiger partial charge on any atom is 0.0954 e. The Hall–Kier alpha value is -0.410. The van der Waals surface area contributed by atoms with E-state index < -0.39 is 0 Å². The summed E-state index contributed by atoms with van der Waals surface area (Å²) in [6.45, 7) is 6.56. The zero-order chi connectivity index (χ0) is 14.6. The van der Waals surface area contributed by atoms with Gasteiger partial charge < -0.3 is 5.11 Å². The van der Waals surface area contributed by atoms with Crippen LogP contribution >= 0.6 is 11.3 Å².